The molecule has 1 aliphatic rings. The molecular formula is C18H19ClN4OS. The van der Waals surface area contributed by atoms with E-state index in [1.54, 1.807) is 40.4 Å². The van der Waals surface area contributed by atoms with E-state index in [0.717, 1.165) is 29.0 Å². The molecule has 0 aliphatic carbocycles. The van der Waals surface area contributed by atoms with Crippen LogP contribution in [0.25, 0.3) is 10.9 Å². The van der Waals surface area contributed by atoms with Crippen molar-refractivity contribution in [1.82, 2.24) is 14.5 Å². The van der Waals surface area contributed by atoms with Gasteiger partial charge in [-0.3, -0.25) is 9.36 Å². The zero-order valence-electron chi connectivity index (χ0n) is 14.0. The summed E-state index contributed by atoms with van der Waals surface area (Å²) in [5.74, 6) is 0.796. The lowest BCUT2D eigenvalue weighted by Crippen LogP contribution is -2.32. The molecule has 0 radical (unpaired) electrons. The van der Waals surface area contributed by atoms with Gasteiger partial charge in [0, 0.05) is 29.2 Å². The van der Waals surface area contributed by atoms with Crippen molar-refractivity contribution in [3.8, 4) is 0 Å². The van der Waals surface area contributed by atoms with Crippen molar-refractivity contribution < 1.29 is 0 Å². The lowest BCUT2D eigenvalue weighted by Gasteiger charge is -2.29. The van der Waals surface area contributed by atoms with Gasteiger partial charge in [-0.25, -0.2) is 9.97 Å². The molecule has 0 N–H and O–H groups in total. The van der Waals surface area contributed by atoms with Gasteiger partial charge in [0.25, 0.3) is 5.56 Å². The number of aromatic nitrogens is 3. The Morgan fingerprint density at radius 3 is 2.88 bits per heavy atom. The van der Waals surface area contributed by atoms with Crippen molar-refractivity contribution in [3.05, 3.63) is 51.0 Å². The van der Waals surface area contributed by atoms with E-state index in [9.17, 15) is 4.79 Å². The van der Waals surface area contributed by atoms with Crippen LogP contribution in [0.2, 0.25) is 5.02 Å². The van der Waals surface area contributed by atoms with E-state index >= 15 is 0 Å². The second-order valence-corrected chi connectivity index (χ2v) is 8.15. The van der Waals surface area contributed by atoms with Crippen LogP contribution < -0.4 is 10.5 Å². The molecule has 1 aliphatic heterocycles. The monoisotopic (exact) mass is 374 g/mol. The van der Waals surface area contributed by atoms with Gasteiger partial charge in [0.2, 0.25) is 0 Å². The lowest BCUT2D eigenvalue weighted by atomic mass is 10.00. The summed E-state index contributed by atoms with van der Waals surface area (Å²) in [5, 5.41) is 2.14. The van der Waals surface area contributed by atoms with Crippen LogP contribution in [-0.2, 0) is 6.54 Å². The Balaban J connectivity index is 1.58. The van der Waals surface area contributed by atoms with Crippen LogP contribution in [0.3, 0.4) is 0 Å². The minimum atomic E-state index is -0.0748. The van der Waals surface area contributed by atoms with Crippen molar-refractivity contribution in [3.63, 3.8) is 0 Å². The quantitative estimate of drug-likeness (QED) is 0.699. The number of piperidine rings is 1. The fourth-order valence-electron chi connectivity index (χ4n) is 3.13. The largest absolute Gasteiger partial charge is 0.348 e. The van der Waals surface area contributed by atoms with E-state index in [1.807, 2.05) is 6.20 Å². The normalized spacial score (nSPS) is 15.8. The number of benzene rings is 1. The Morgan fingerprint density at radius 2 is 2.08 bits per heavy atom. The van der Waals surface area contributed by atoms with Crippen LogP contribution in [0, 0.1) is 5.92 Å². The van der Waals surface area contributed by atoms with Gasteiger partial charge in [-0.05, 0) is 37.0 Å². The predicted molar refractivity (Wildman–Crippen MR) is 103 cm³/mol. The highest BCUT2D eigenvalue weighted by Crippen LogP contribution is 2.27. The van der Waals surface area contributed by atoms with Crippen molar-refractivity contribution in [2.24, 2.45) is 5.92 Å². The standard InChI is InChI=1S/C18H19ClN4OS/c1-12-4-6-22(7-5-12)18-20-9-14(25-18)10-23-11-21-16-3-2-13(19)8-15(16)17(23)24/h2-3,8-9,11-12H,4-7,10H2,1H3. The highest BCUT2D eigenvalue weighted by molar-refractivity contribution is 7.15. The van der Waals surface area contributed by atoms with E-state index in [1.165, 1.54) is 12.8 Å². The number of anilines is 1. The molecule has 2 aromatic heterocycles. The first kappa shape index (κ1) is 16.5. The zero-order chi connectivity index (χ0) is 17.4. The minimum Gasteiger partial charge on any atom is -0.348 e. The first-order chi connectivity index (χ1) is 12.1. The van der Waals surface area contributed by atoms with Crippen molar-refractivity contribution in [1.29, 1.82) is 0 Å². The maximum atomic E-state index is 12.7. The summed E-state index contributed by atoms with van der Waals surface area (Å²) < 4.78 is 1.62. The van der Waals surface area contributed by atoms with Gasteiger partial charge in [0.15, 0.2) is 5.13 Å². The van der Waals surface area contributed by atoms with Crippen LogP contribution >= 0.6 is 22.9 Å². The Bertz CT molecular complexity index is 959. The number of hydrogen-bond donors (Lipinski definition) is 0. The molecule has 0 amide bonds. The fraction of sp³-hybridized carbons (Fsp3) is 0.389. The number of hydrogen-bond acceptors (Lipinski definition) is 5. The number of thiazole rings is 1. The Morgan fingerprint density at radius 1 is 1.28 bits per heavy atom. The molecule has 0 unspecified atom stereocenters. The van der Waals surface area contributed by atoms with Gasteiger partial charge >= 0.3 is 0 Å². The molecule has 0 atom stereocenters. The van der Waals surface area contributed by atoms with E-state index in [0.29, 0.717) is 22.5 Å². The Kier molecular flexibility index (Phi) is 4.48. The molecular weight excluding hydrogens is 356 g/mol. The average molecular weight is 375 g/mol. The molecule has 130 valence electrons. The minimum absolute atomic E-state index is 0.0748. The highest BCUT2D eigenvalue weighted by Gasteiger charge is 2.18. The van der Waals surface area contributed by atoms with Crippen LogP contribution in [0.15, 0.2) is 35.5 Å². The summed E-state index contributed by atoms with van der Waals surface area (Å²) in [4.78, 5) is 25.0. The zero-order valence-corrected chi connectivity index (χ0v) is 15.6. The first-order valence-electron chi connectivity index (χ1n) is 8.44. The summed E-state index contributed by atoms with van der Waals surface area (Å²) in [6, 6.07) is 5.19. The molecule has 5 nitrogen and oxygen atoms in total. The SMILES string of the molecule is CC1CCN(c2ncc(Cn3cnc4ccc(Cl)cc4c3=O)s2)CC1. The van der Waals surface area contributed by atoms with Crippen LogP contribution in [0.1, 0.15) is 24.6 Å². The second-order valence-electron chi connectivity index (χ2n) is 6.62. The second kappa shape index (κ2) is 6.77. The molecule has 1 saturated heterocycles. The van der Waals surface area contributed by atoms with Gasteiger partial charge in [0.1, 0.15) is 0 Å². The predicted octanol–water partition coefficient (Wildman–Crippen LogP) is 3.79. The number of nitrogens with zero attached hydrogens (tertiary/aromatic N) is 4. The van der Waals surface area contributed by atoms with E-state index in [4.69, 9.17) is 11.6 Å². The molecule has 3 heterocycles. The maximum absolute atomic E-state index is 12.7. The maximum Gasteiger partial charge on any atom is 0.261 e. The molecule has 7 heteroatoms. The summed E-state index contributed by atoms with van der Waals surface area (Å²) in [5.41, 5.74) is 0.590. The van der Waals surface area contributed by atoms with Gasteiger partial charge in [-0.15, -0.1) is 11.3 Å². The molecule has 0 spiro atoms. The van der Waals surface area contributed by atoms with Gasteiger partial charge in [-0.2, -0.15) is 0 Å². The third-order valence-corrected chi connectivity index (χ3v) is 5.99. The highest BCUT2D eigenvalue weighted by atomic mass is 35.5. The summed E-state index contributed by atoms with van der Waals surface area (Å²) in [6.07, 6.45) is 5.89. The summed E-state index contributed by atoms with van der Waals surface area (Å²) >= 11 is 7.67. The molecule has 0 saturated carbocycles. The van der Waals surface area contributed by atoms with Gasteiger partial charge in [0.05, 0.1) is 23.8 Å². The first-order valence-corrected chi connectivity index (χ1v) is 9.64. The van der Waals surface area contributed by atoms with Crippen LogP contribution in [0.5, 0.6) is 0 Å². The molecule has 1 fully saturated rings. The van der Waals surface area contributed by atoms with Crippen LogP contribution in [0.4, 0.5) is 5.13 Å². The molecule has 1 aromatic carbocycles. The number of halogens is 1. The van der Waals surface area contributed by atoms with Gasteiger partial charge < -0.3 is 4.90 Å². The van der Waals surface area contributed by atoms with Gasteiger partial charge in [-0.1, -0.05) is 18.5 Å². The van der Waals surface area contributed by atoms with E-state index < -0.39 is 0 Å². The Hall–Kier alpha value is -1.92. The molecule has 25 heavy (non-hydrogen) atoms. The summed E-state index contributed by atoms with van der Waals surface area (Å²) in [7, 11) is 0. The molecule has 4 rings (SSSR count). The van der Waals surface area contributed by atoms with Crippen molar-refractivity contribution in [2.75, 3.05) is 18.0 Å². The molecule has 0 bridgehead atoms. The molecule has 3 aromatic rings. The fourth-order valence-corrected chi connectivity index (χ4v) is 4.26. The van der Waals surface area contributed by atoms with E-state index in [2.05, 4.69) is 21.8 Å². The third-order valence-electron chi connectivity index (χ3n) is 4.71. The third kappa shape index (κ3) is 3.41. The lowest BCUT2D eigenvalue weighted by molar-refractivity contribution is 0.438. The number of rotatable bonds is 3. The van der Waals surface area contributed by atoms with Crippen LogP contribution in [-0.4, -0.2) is 27.6 Å². The van der Waals surface area contributed by atoms with Crippen molar-refractivity contribution >= 4 is 39.0 Å². The van der Waals surface area contributed by atoms with Crippen molar-refractivity contribution in [2.45, 2.75) is 26.3 Å². The Labute approximate surface area is 154 Å². The smallest absolute Gasteiger partial charge is 0.261 e. The summed E-state index contributed by atoms with van der Waals surface area (Å²) in [6.45, 7) is 4.90. The topological polar surface area (TPSA) is 51.0 Å². The average Bonchev–Trinajstić information content (AvgIpc) is 3.07. The number of fused-ring (bicyclic) bond motifs is 1. The van der Waals surface area contributed by atoms with E-state index in [-0.39, 0.29) is 5.56 Å².